The molecule has 0 radical (unpaired) electrons. The lowest BCUT2D eigenvalue weighted by Crippen LogP contribution is -2.49. The number of carbonyl (C=O) groups is 1. The fourth-order valence-corrected chi connectivity index (χ4v) is 3.48. The number of anilines is 1. The van der Waals surface area contributed by atoms with Crippen molar-refractivity contribution in [2.24, 2.45) is 0 Å². The van der Waals surface area contributed by atoms with Crippen molar-refractivity contribution in [1.29, 1.82) is 0 Å². The molecule has 1 aliphatic heterocycles. The average Bonchev–Trinajstić information content (AvgIpc) is 2.61. The molecule has 3 rings (SSSR count). The number of halogens is 1. The minimum Gasteiger partial charge on any atom is -0.496 e. The minimum absolute atomic E-state index is 0.00575. The number of nitrogens with zero attached hydrogens (tertiary/aromatic N) is 2. The summed E-state index contributed by atoms with van der Waals surface area (Å²) in [5, 5.41) is 0.563. The summed E-state index contributed by atoms with van der Waals surface area (Å²) in [5.74, 6) is 0.517. The smallest absolute Gasteiger partial charge is 0.257 e. The SMILES string of the molecule is COc1cc(Cl)ccc1C(=O)N1CCN(c2ccc(C)cc2C)CC1. The van der Waals surface area contributed by atoms with Gasteiger partial charge in [-0.3, -0.25) is 4.79 Å². The molecule has 0 aliphatic carbocycles. The standard InChI is InChI=1S/C20H23ClN2O2/c1-14-4-7-18(15(2)12-14)22-8-10-23(11-9-22)20(24)17-6-5-16(21)13-19(17)25-3/h4-7,12-13H,8-11H2,1-3H3. The van der Waals surface area contributed by atoms with E-state index in [0.717, 1.165) is 13.1 Å². The van der Waals surface area contributed by atoms with Crippen LogP contribution in [0.25, 0.3) is 0 Å². The highest BCUT2D eigenvalue weighted by Gasteiger charge is 2.25. The van der Waals surface area contributed by atoms with Gasteiger partial charge in [-0.05, 0) is 43.7 Å². The zero-order valence-electron chi connectivity index (χ0n) is 14.9. The van der Waals surface area contributed by atoms with Crippen LogP contribution in [0.2, 0.25) is 5.02 Å². The second-order valence-electron chi connectivity index (χ2n) is 6.41. The minimum atomic E-state index is -0.00575. The Hall–Kier alpha value is -2.20. The van der Waals surface area contributed by atoms with Crippen molar-refractivity contribution in [3.8, 4) is 5.75 Å². The van der Waals surface area contributed by atoms with Gasteiger partial charge in [0.25, 0.3) is 5.91 Å². The molecular formula is C20H23ClN2O2. The molecule has 0 N–H and O–H groups in total. The highest BCUT2D eigenvalue weighted by molar-refractivity contribution is 6.30. The van der Waals surface area contributed by atoms with E-state index >= 15 is 0 Å². The van der Waals surface area contributed by atoms with Gasteiger partial charge in [0.2, 0.25) is 0 Å². The molecule has 1 fully saturated rings. The van der Waals surface area contributed by atoms with Crippen LogP contribution in [-0.4, -0.2) is 44.1 Å². The van der Waals surface area contributed by atoms with Gasteiger partial charge in [0.1, 0.15) is 5.75 Å². The zero-order valence-corrected chi connectivity index (χ0v) is 15.6. The third kappa shape index (κ3) is 3.74. The Balaban J connectivity index is 1.71. The molecule has 0 unspecified atom stereocenters. The number of ether oxygens (including phenoxy) is 1. The first kappa shape index (κ1) is 17.6. The van der Waals surface area contributed by atoms with E-state index in [9.17, 15) is 4.79 Å². The second-order valence-corrected chi connectivity index (χ2v) is 6.85. The maximum atomic E-state index is 12.8. The van der Waals surface area contributed by atoms with Gasteiger partial charge in [-0.15, -0.1) is 0 Å². The molecular weight excluding hydrogens is 336 g/mol. The van der Waals surface area contributed by atoms with Gasteiger partial charge >= 0.3 is 0 Å². The molecule has 1 aliphatic rings. The van der Waals surface area contributed by atoms with Crippen LogP contribution >= 0.6 is 11.6 Å². The number of methoxy groups -OCH3 is 1. The summed E-state index contributed by atoms with van der Waals surface area (Å²) in [6, 6.07) is 11.7. The lowest BCUT2D eigenvalue weighted by molar-refractivity contribution is 0.0743. The second kappa shape index (κ2) is 7.36. The molecule has 1 amide bonds. The van der Waals surface area contributed by atoms with Crippen LogP contribution in [0.1, 0.15) is 21.5 Å². The molecule has 2 aromatic carbocycles. The van der Waals surface area contributed by atoms with Crippen molar-refractivity contribution < 1.29 is 9.53 Å². The Morgan fingerprint density at radius 2 is 1.76 bits per heavy atom. The number of benzene rings is 2. The number of aryl methyl sites for hydroxylation is 2. The van der Waals surface area contributed by atoms with Crippen molar-refractivity contribution in [2.45, 2.75) is 13.8 Å². The number of piperazine rings is 1. The molecule has 4 nitrogen and oxygen atoms in total. The van der Waals surface area contributed by atoms with Crippen molar-refractivity contribution in [2.75, 3.05) is 38.2 Å². The van der Waals surface area contributed by atoms with E-state index in [1.54, 1.807) is 25.3 Å². The summed E-state index contributed by atoms with van der Waals surface area (Å²) >= 11 is 5.99. The lowest BCUT2D eigenvalue weighted by atomic mass is 10.1. The molecule has 0 saturated carbocycles. The van der Waals surface area contributed by atoms with Gasteiger partial charge in [0, 0.05) is 36.9 Å². The van der Waals surface area contributed by atoms with Gasteiger partial charge in [0.15, 0.2) is 0 Å². The van der Waals surface area contributed by atoms with Gasteiger partial charge < -0.3 is 14.5 Å². The molecule has 25 heavy (non-hydrogen) atoms. The van der Waals surface area contributed by atoms with E-state index < -0.39 is 0 Å². The quantitative estimate of drug-likeness (QED) is 0.833. The van der Waals surface area contributed by atoms with Crippen LogP contribution in [-0.2, 0) is 0 Å². The normalized spacial score (nSPS) is 14.6. The van der Waals surface area contributed by atoms with Gasteiger partial charge in [-0.2, -0.15) is 0 Å². The topological polar surface area (TPSA) is 32.8 Å². The van der Waals surface area contributed by atoms with Crippen LogP contribution in [0.5, 0.6) is 5.75 Å². The van der Waals surface area contributed by atoms with Crippen molar-refractivity contribution in [1.82, 2.24) is 4.90 Å². The zero-order chi connectivity index (χ0) is 18.0. The van der Waals surface area contributed by atoms with E-state index in [4.69, 9.17) is 16.3 Å². The first-order valence-corrected chi connectivity index (χ1v) is 8.82. The third-order valence-electron chi connectivity index (χ3n) is 4.65. The monoisotopic (exact) mass is 358 g/mol. The Kier molecular flexibility index (Phi) is 5.19. The van der Waals surface area contributed by atoms with Gasteiger partial charge in [0.05, 0.1) is 12.7 Å². The highest BCUT2D eigenvalue weighted by atomic mass is 35.5. The third-order valence-corrected chi connectivity index (χ3v) is 4.89. The molecule has 1 heterocycles. The van der Waals surface area contributed by atoms with Crippen molar-refractivity contribution >= 4 is 23.2 Å². The average molecular weight is 359 g/mol. The van der Waals surface area contributed by atoms with E-state index in [0.29, 0.717) is 29.4 Å². The number of amides is 1. The maximum absolute atomic E-state index is 12.8. The van der Waals surface area contributed by atoms with Crippen LogP contribution in [0.4, 0.5) is 5.69 Å². The number of hydrogen-bond acceptors (Lipinski definition) is 3. The molecule has 1 saturated heterocycles. The first-order valence-electron chi connectivity index (χ1n) is 8.44. The van der Waals surface area contributed by atoms with Crippen molar-refractivity contribution in [3.63, 3.8) is 0 Å². The Bertz CT molecular complexity index is 783. The van der Waals surface area contributed by atoms with E-state index in [-0.39, 0.29) is 5.91 Å². The molecule has 0 aromatic heterocycles. The first-order chi connectivity index (χ1) is 12.0. The molecule has 5 heteroatoms. The number of hydrogen-bond donors (Lipinski definition) is 0. The molecule has 132 valence electrons. The van der Waals surface area contributed by atoms with Crippen LogP contribution in [0.3, 0.4) is 0 Å². The summed E-state index contributed by atoms with van der Waals surface area (Å²) in [6.07, 6.45) is 0. The van der Waals surface area contributed by atoms with E-state index in [1.807, 2.05) is 4.90 Å². The fourth-order valence-electron chi connectivity index (χ4n) is 3.32. The summed E-state index contributed by atoms with van der Waals surface area (Å²) in [5.41, 5.74) is 4.36. The van der Waals surface area contributed by atoms with Crippen molar-refractivity contribution in [3.05, 3.63) is 58.1 Å². The Morgan fingerprint density at radius 1 is 1.04 bits per heavy atom. The number of rotatable bonds is 3. The fraction of sp³-hybridized carbons (Fsp3) is 0.350. The van der Waals surface area contributed by atoms with E-state index in [1.165, 1.54) is 16.8 Å². The maximum Gasteiger partial charge on any atom is 0.257 e. The molecule has 0 bridgehead atoms. The van der Waals surface area contributed by atoms with Crippen LogP contribution < -0.4 is 9.64 Å². The largest absolute Gasteiger partial charge is 0.496 e. The van der Waals surface area contributed by atoms with E-state index in [2.05, 4.69) is 36.9 Å². The van der Waals surface area contributed by atoms with Crippen LogP contribution in [0, 0.1) is 13.8 Å². The Labute approximate surface area is 154 Å². The summed E-state index contributed by atoms with van der Waals surface area (Å²) in [7, 11) is 1.56. The predicted octanol–water partition coefficient (Wildman–Crippen LogP) is 3.93. The van der Waals surface area contributed by atoms with Gasteiger partial charge in [-0.1, -0.05) is 29.3 Å². The summed E-state index contributed by atoms with van der Waals surface area (Å²) in [4.78, 5) is 17.1. The highest BCUT2D eigenvalue weighted by Crippen LogP contribution is 2.26. The summed E-state index contributed by atoms with van der Waals surface area (Å²) in [6.45, 7) is 7.28. The number of carbonyl (C=O) groups excluding carboxylic acids is 1. The van der Waals surface area contributed by atoms with Crippen LogP contribution in [0.15, 0.2) is 36.4 Å². The molecule has 0 spiro atoms. The Morgan fingerprint density at radius 3 is 2.40 bits per heavy atom. The summed E-state index contributed by atoms with van der Waals surface area (Å²) < 4.78 is 5.31. The molecule has 2 aromatic rings. The van der Waals surface area contributed by atoms with Gasteiger partial charge in [-0.25, -0.2) is 0 Å². The lowest BCUT2D eigenvalue weighted by Gasteiger charge is -2.37. The molecule has 0 atom stereocenters. The predicted molar refractivity (Wildman–Crippen MR) is 102 cm³/mol.